The van der Waals surface area contributed by atoms with Gasteiger partial charge in [0.25, 0.3) is 0 Å². The minimum Gasteiger partial charge on any atom is -0.393 e. The van der Waals surface area contributed by atoms with Crippen LogP contribution in [-0.2, 0) is 10.2 Å². The van der Waals surface area contributed by atoms with Crippen LogP contribution >= 0.6 is 0 Å². The lowest BCUT2D eigenvalue weighted by Gasteiger charge is -2.24. The molecule has 1 aromatic rings. The van der Waals surface area contributed by atoms with Crippen LogP contribution in [0, 0.1) is 5.82 Å². The van der Waals surface area contributed by atoms with Crippen molar-refractivity contribution < 1.29 is 14.3 Å². The molecule has 1 unspecified atom stereocenters. The summed E-state index contributed by atoms with van der Waals surface area (Å²) in [5.74, 6) is -0.522. The molecule has 1 rings (SSSR count). The van der Waals surface area contributed by atoms with Gasteiger partial charge < -0.3 is 10.4 Å². The third-order valence-corrected chi connectivity index (χ3v) is 2.96. The van der Waals surface area contributed by atoms with Crippen LogP contribution < -0.4 is 5.32 Å². The number of aliphatic hydroxyl groups is 1. The van der Waals surface area contributed by atoms with E-state index in [4.69, 9.17) is 5.11 Å². The maximum absolute atomic E-state index is 13.2. The van der Waals surface area contributed by atoms with Crippen molar-refractivity contribution in [3.63, 3.8) is 0 Å². The van der Waals surface area contributed by atoms with Crippen molar-refractivity contribution in [2.45, 2.75) is 38.7 Å². The largest absolute Gasteiger partial charge is 0.393 e. The van der Waals surface area contributed by atoms with Crippen molar-refractivity contribution in [2.75, 3.05) is 6.54 Å². The number of carbonyl (C=O) groups is 1. The van der Waals surface area contributed by atoms with E-state index in [-0.39, 0.29) is 11.7 Å². The highest BCUT2D eigenvalue weighted by molar-refractivity contribution is 5.87. The number of halogens is 1. The van der Waals surface area contributed by atoms with Crippen molar-refractivity contribution >= 4 is 5.91 Å². The number of nitrogens with one attached hydrogen (secondary N) is 1. The summed E-state index contributed by atoms with van der Waals surface area (Å²) in [5.41, 5.74) is -0.155. The summed E-state index contributed by atoms with van der Waals surface area (Å²) in [6, 6.07) is 6.05. The average molecular weight is 253 g/mol. The minimum absolute atomic E-state index is 0.172. The summed E-state index contributed by atoms with van der Waals surface area (Å²) < 4.78 is 13.2. The van der Waals surface area contributed by atoms with E-state index in [2.05, 4.69) is 5.32 Å². The summed E-state index contributed by atoms with van der Waals surface area (Å²) in [4.78, 5) is 12.0. The van der Waals surface area contributed by atoms with E-state index in [0.717, 1.165) is 0 Å². The Morgan fingerprint density at radius 2 is 2.17 bits per heavy atom. The van der Waals surface area contributed by atoms with Gasteiger partial charge in [0.2, 0.25) is 5.91 Å². The summed E-state index contributed by atoms with van der Waals surface area (Å²) in [5, 5.41) is 11.9. The number of aliphatic hydroxyl groups excluding tert-OH is 1. The lowest BCUT2D eigenvalue weighted by molar-refractivity contribution is -0.125. The topological polar surface area (TPSA) is 49.3 Å². The molecule has 0 saturated carbocycles. The van der Waals surface area contributed by atoms with Crippen LogP contribution in [0.5, 0.6) is 0 Å². The second kappa shape index (κ2) is 5.96. The lowest BCUT2D eigenvalue weighted by Crippen LogP contribution is -2.41. The second-order valence-corrected chi connectivity index (χ2v) is 5.03. The molecular weight excluding hydrogens is 233 g/mol. The van der Waals surface area contributed by atoms with E-state index >= 15 is 0 Å². The van der Waals surface area contributed by atoms with Gasteiger partial charge in [0, 0.05) is 6.54 Å². The van der Waals surface area contributed by atoms with Crippen molar-refractivity contribution in [3.05, 3.63) is 35.6 Å². The summed E-state index contributed by atoms with van der Waals surface area (Å²) >= 11 is 0. The maximum Gasteiger partial charge on any atom is 0.230 e. The Morgan fingerprint density at radius 3 is 2.72 bits per heavy atom. The summed E-state index contributed by atoms with van der Waals surface area (Å²) in [6.07, 6.45) is 0.0629. The Bertz CT molecular complexity index is 416. The van der Waals surface area contributed by atoms with Gasteiger partial charge in [-0.2, -0.15) is 0 Å². The first kappa shape index (κ1) is 14.6. The molecule has 2 N–H and O–H groups in total. The van der Waals surface area contributed by atoms with Crippen molar-refractivity contribution in [2.24, 2.45) is 0 Å². The van der Waals surface area contributed by atoms with Gasteiger partial charge in [0.15, 0.2) is 0 Å². The molecule has 3 nitrogen and oxygen atoms in total. The van der Waals surface area contributed by atoms with Gasteiger partial charge in [0.05, 0.1) is 11.5 Å². The van der Waals surface area contributed by atoms with Gasteiger partial charge in [-0.1, -0.05) is 12.1 Å². The van der Waals surface area contributed by atoms with Gasteiger partial charge in [0.1, 0.15) is 5.82 Å². The van der Waals surface area contributed by atoms with Crippen LogP contribution in [0.1, 0.15) is 32.8 Å². The second-order valence-electron chi connectivity index (χ2n) is 5.03. The standard InChI is InChI=1S/C14H20FNO2/c1-10(17)7-8-16-13(18)14(2,3)11-5-4-6-12(15)9-11/h4-6,9-10,17H,7-8H2,1-3H3,(H,16,18). The lowest BCUT2D eigenvalue weighted by atomic mass is 9.83. The van der Waals surface area contributed by atoms with E-state index < -0.39 is 11.5 Å². The molecule has 0 heterocycles. The molecule has 0 radical (unpaired) electrons. The third-order valence-electron chi connectivity index (χ3n) is 2.96. The van der Waals surface area contributed by atoms with Crippen LogP contribution in [0.2, 0.25) is 0 Å². The van der Waals surface area contributed by atoms with E-state index in [1.54, 1.807) is 32.9 Å². The molecule has 0 spiro atoms. The van der Waals surface area contributed by atoms with Gasteiger partial charge in [-0.15, -0.1) is 0 Å². The zero-order chi connectivity index (χ0) is 13.8. The summed E-state index contributed by atoms with van der Waals surface area (Å²) in [7, 11) is 0. The molecule has 0 aliphatic carbocycles. The normalized spacial score (nSPS) is 13.2. The molecule has 0 aromatic heterocycles. The first-order chi connectivity index (χ1) is 8.34. The molecular formula is C14H20FNO2. The van der Waals surface area contributed by atoms with Crippen LogP contribution in [0.25, 0.3) is 0 Å². The fourth-order valence-electron chi connectivity index (χ4n) is 1.62. The van der Waals surface area contributed by atoms with E-state index in [9.17, 15) is 9.18 Å². The molecule has 0 aliphatic heterocycles. The molecule has 4 heteroatoms. The van der Waals surface area contributed by atoms with Gasteiger partial charge in [-0.3, -0.25) is 4.79 Å². The minimum atomic E-state index is -0.791. The van der Waals surface area contributed by atoms with E-state index in [1.165, 1.54) is 12.1 Å². The van der Waals surface area contributed by atoms with Gasteiger partial charge >= 0.3 is 0 Å². The van der Waals surface area contributed by atoms with E-state index in [1.807, 2.05) is 0 Å². The fourth-order valence-corrected chi connectivity index (χ4v) is 1.62. The van der Waals surface area contributed by atoms with Crippen LogP contribution in [0.3, 0.4) is 0 Å². The third kappa shape index (κ3) is 3.81. The molecule has 100 valence electrons. The van der Waals surface area contributed by atoms with E-state index in [0.29, 0.717) is 18.5 Å². The molecule has 0 fully saturated rings. The average Bonchev–Trinajstić information content (AvgIpc) is 2.28. The number of carbonyl (C=O) groups excluding carboxylic acids is 1. The molecule has 0 aliphatic rings. The number of amides is 1. The zero-order valence-corrected chi connectivity index (χ0v) is 11.0. The predicted octanol–water partition coefficient (Wildman–Crippen LogP) is 1.99. The Kier molecular flexibility index (Phi) is 4.84. The number of hydrogen-bond donors (Lipinski definition) is 2. The van der Waals surface area contributed by atoms with Crippen molar-refractivity contribution in [3.8, 4) is 0 Å². The first-order valence-corrected chi connectivity index (χ1v) is 6.06. The summed E-state index contributed by atoms with van der Waals surface area (Å²) in [6.45, 7) is 5.58. The fraction of sp³-hybridized carbons (Fsp3) is 0.500. The van der Waals surface area contributed by atoms with Crippen LogP contribution in [-0.4, -0.2) is 23.7 Å². The van der Waals surface area contributed by atoms with Crippen molar-refractivity contribution in [1.29, 1.82) is 0 Å². The molecule has 0 saturated heterocycles. The maximum atomic E-state index is 13.2. The van der Waals surface area contributed by atoms with Gasteiger partial charge in [-0.25, -0.2) is 4.39 Å². The molecule has 1 aromatic carbocycles. The number of benzene rings is 1. The smallest absolute Gasteiger partial charge is 0.230 e. The monoisotopic (exact) mass is 253 g/mol. The van der Waals surface area contributed by atoms with Gasteiger partial charge in [-0.05, 0) is 44.9 Å². The Morgan fingerprint density at radius 1 is 1.50 bits per heavy atom. The Labute approximate surface area is 107 Å². The molecule has 1 amide bonds. The predicted molar refractivity (Wildman–Crippen MR) is 68.7 cm³/mol. The highest BCUT2D eigenvalue weighted by atomic mass is 19.1. The molecule has 18 heavy (non-hydrogen) atoms. The van der Waals surface area contributed by atoms with Crippen LogP contribution in [0.4, 0.5) is 4.39 Å². The van der Waals surface area contributed by atoms with Crippen LogP contribution in [0.15, 0.2) is 24.3 Å². The Balaban J connectivity index is 2.70. The quantitative estimate of drug-likeness (QED) is 0.843. The SMILES string of the molecule is CC(O)CCNC(=O)C(C)(C)c1cccc(F)c1. The number of hydrogen-bond acceptors (Lipinski definition) is 2. The molecule has 0 bridgehead atoms. The van der Waals surface area contributed by atoms with Crippen molar-refractivity contribution in [1.82, 2.24) is 5.32 Å². The highest BCUT2D eigenvalue weighted by Gasteiger charge is 2.29. The Hall–Kier alpha value is -1.42. The highest BCUT2D eigenvalue weighted by Crippen LogP contribution is 2.23. The zero-order valence-electron chi connectivity index (χ0n) is 11.0. The first-order valence-electron chi connectivity index (χ1n) is 6.06. The number of rotatable bonds is 5. The molecule has 1 atom stereocenters.